The highest BCUT2D eigenvalue weighted by Crippen LogP contribution is 2.33. The van der Waals surface area contributed by atoms with Gasteiger partial charge in [0.05, 0.1) is 25.8 Å². The van der Waals surface area contributed by atoms with Crippen molar-refractivity contribution in [2.75, 3.05) is 17.7 Å². The molecule has 192 valence electrons. The van der Waals surface area contributed by atoms with Gasteiger partial charge in [-0.25, -0.2) is 21.2 Å². The Labute approximate surface area is 221 Å². The molecule has 1 aliphatic rings. The molecule has 5 rings (SSSR count). The summed E-state index contributed by atoms with van der Waals surface area (Å²) in [5.41, 5.74) is 1.12. The minimum Gasteiger partial charge on any atom is -0.308 e. The number of rotatable bonds is 6. The fourth-order valence-corrected chi connectivity index (χ4v) is 7.95. The molecule has 1 fully saturated rings. The molecule has 1 amide bonds. The smallest absolute Gasteiger partial charge is 0.250 e. The van der Waals surface area contributed by atoms with Gasteiger partial charge in [-0.05, 0) is 42.3 Å². The molecule has 0 unspecified atom stereocenters. The molecule has 1 atom stereocenters. The third-order valence-corrected chi connectivity index (χ3v) is 10.3. The molecule has 2 aromatic heterocycles. The number of nitrogens with one attached hydrogen (secondary N) is 1. The number of carbonyl (C=O) groups is 1. The molecule has 8 nitrogen and oxygen atoms in total. The molecule has 37 heavy (non-hydrogen) atoms. The van der Waals surface area contributed by atoms with E-state index in [4.69, 9.17) is 11.6 Å². The number of thiophene rings is 1. The second-order valence-corrected chi connectivity index (χ2v) is 13.9. The lowest BCUT2D eigenvalue weighted by Gasteiger charge is -2.19. The summed E-state index contributed by atoms with van der Waals surface area (Å²) in [6.45, 7) is 0.103. The summed E-state index contributed by atoms with van der Waals surface area (Å²) in [5.74, 6) is -1.32. The van der Waals surface area contributed by atoms with Crippen molar-refractivity contribution in [3.05, 3.63) is 71.6 Å². The summed E-state index contributed by atoms with van der Waals surface area (Å²) in [4.78, 5) is 18.4. The molecule has 0 radical (unpaired) electrons. The topological polar surface area (TPSA) is 114 Å². The van der Waals surface area contributed by atoms with Crippen LogP contribution in [-0.4, -0.2) is 46.6 Å². The van der Waals surface area contributed by atoms with Crippen LogP contribution >= 0.6 is 22.9 Å². The summed E-state index contributed by atoms with van der Waals surface area (Å²) in [5, 5.41) is 0.376. The Kier molecular flexibility index (Phi) is 6.57. The molecular weight excluding hydrogens is 561 g/mol. The number of benzene rings is 2. The second-order valence-electron chi connectivity index (χ2n) is 8.49. The SMILES string of the molecule is CS(=O)(=O)c1ccccc1-c1ccc(N2CC[C@H](NS(=O)(=O)c3cc4ncc(Cl)cc4s3)C2=O)c(F)c1. The number of hydrogen-bond donors (Lipinski definition) is 1. The average molecular weight is 580 g/mol. The van der Waals surface area contributed by atoms with Gasteiger partial charge < -0.3 is 4.90 Å². The molecule has 1 N–H and O–H groups in total. The number of halogens is 2. The van der Waals surface area contributed by atoms with E-state index in [0.29, 0.717) is 26.4 Å². The number of aromatic nitrogens is 1. The monoisotopic (exact) mass is 579 g/mol. The number of anilines is 1. The zero-order valence-electron chi connectivity index (χ0n) is 19.2. The van der Waals surface area contributed by atoms with Gasteiger partial charge in [0.25, 0.3) is 10.0 Å². The van der Waals surface area contributed by atoms with E-state index in [-0.39, 0.29) is 27.8 Å². The minimum absolute atomic E-state index is 0.0106. The molecule has 2 aromatic carbocycles. The van der Waals surface area contributed by atoms with Crippen LogP contribution in [0.1, 0.15) is 6.42 Å². The number of sulfonamides is 1. The maximum absolute atomic E-state index is 15.2. The van der Waals surface area contributed by atoms with Crippen LogP contribution in [0.5, 0.6) is 0 Å². The number of fused-ring (bicyclic) bond motifs is 1. The molecule has 3 heterocycles. The van der Waals surface area contributed by atoms with Crippen LogP contribution in [0.2, 0.25) is 5.02 Å². The first kappa shape index (κ1) is 25.7. The molecule has 4 aromatic rings. The number of pyridine rings is 1. The first-order chi connectivity index (χ1) is 17.4. The normalized spacial score (nSPS) is 16.6. The molecule has 0 spiro atoms. The molecule has 0 bridgehead atoms. The van der Waals surface area contributed by atoms with Crippen LogP contribution in [0, 0.1) is 5.82 Å². The quantitative estimate of drug-likeness (QED) is 0.365. The fourth-order valence-electron chi connectivity index (χ4n) is 4.20. The Bertz CT molecular complexity index is 1770. The van der Waals surface area contributed by atoms with Crippen molar-refractivity contribution in [2.24, 2.45) is 0 Å². The highest BCUT2D eigenvalue weighted by atomic mass is 35.5. The van der Waals surface area contributed by atoms with Gasteiger partial charge in [0.1, 0.15) is 16.1 Å². The van der Waals surface area contributed by atoms with Crippen LogP contribution in [0.15, 0.2) is 69.9 Å². The van der Waals surface area contributed by atoms with E-state index in [0.717, 1.165) is 17.6 Å². The van der Waals surface area contributed by atoms with Crippen molar-refractivity contribution in [1.29, 1.82) is 0 Å². The number of carbonyl (C=O) groups excluding carboxylic acids is 1. The van der Waals surface area contributed by atoms with Crippen LogP contribution in [0.25, 0.3) is 21.3 Å². The maximum Gasteiger partial charge on any atom is 0.250 e. The van der Waals surface area contributed by atoms with Crippen molar-refractivity contribution in [3.63, 3.8) is 0 Å². The van der Waals surface area contributed by atoms with Gasteiger partial charge in [0.15, 0.2) is 9.84 Å². The van der Waals surface area contributed by atoms with E-state index in [1.165, 1.54) is 41.4 Å². The van der Waals surface area contributed by atoms with Gasteiger partial charge in [-0.2, -0.15) is 4.72 Å². The molecule has 1 aliphatic heterocycles. The van der Waals surface area contributed by atoms with Crippen LogP contribution < -0.4 is 9.62 Å². The molecule has 0 saturated carbocycles. The molecular formula is C24H19ClFN3O5S3. The Morgan fingerprint density at radius 2 is 1.86 bits per heavy atom. The summed E-state index contributed by atoms with van der Waals surface area (Å²) in [6, 6.07) is 12.3. The third-order valence-electron chi connectivity index (χ3n) is 5.92. The van der Waals surface area contributed by atoms with Gasteiger partial charge in [-0.15, -0.1) is 11.3 Å². The van der Waals surface area contributed by atoms with Crippen LogP contribution in [0.4, 0.5) is 10.1 Å². The molecule has 1 saturated heterocycles. The van der Waals surface area contributed by atoms with Gasteiger partial charge in [-0.1, -0.05) is 35.9 Å². The van der Waals surface area contributed by atoms with Crippen molar-refractivity contribution < 1.29 is 26.0 Å². The zero-order valence-corrected chi connectivity index (χ0v) is 22.4. The average Bonchev–Trinajstić information content (AvgIpc) is 3.42. The van der Waals surface area contributed by atoms with E-state index < -0.39 is 37.6 Å². The first-order valence-electron chi connectivity index (χ1n) is 10.9. The second kappa shape index (κ2) is 9.44. The highest BCUT2D eigenvalue weighted by Gasteiger charge is 2.37. The summed E-state index contributed by atoms with van der Waals surface area (Å²) < 4.78 is 68.4. The first-order valence-corrected chi connectivity index (χ1v) is 15.5. The van der Waals surface area contributed by atoms with Crippen molar-refractivity contribution >= 4 is 64.6 Å². The van der Waals surface area contributed by atoms with E-state index in [1.54, 1.807) is 24.3 Å². The fraction of sp³-hybridized carbons (Fsp3) is 0.167. The van der Waals surface area contributed by atoms with E-state index >= 15 is 4.39 Å². The number of amides is 1. The number of nitrogens with zero attached hydrogens (tertiary/aromatic N) is 2. The van der Waals surface area contributed by atoms with Gasteiger partial charge in [0.2, 0.25) is 5.91 Å². The number of sulfone groups is 1. The Hall–Kier alpha value is -2.90. The van der Waals surface area contributed by atoms with Gasteiger partial charge >= 0.3 is 0 Å². The predicted molar refractivity (Wildman–Crippen MR) is 141 cm³/mol. The lowest BCUT2D eigenvalue weighted by Crippen LogP contribution is -2.41. The summed E-state index contributed by atoms with van der Waals surface area (Å²) in [6.07, 6.45) is 2.63. The standard InChI is InChI=1S/C24H19ClFN3O5S3/c1-36(31,32)22-5-3-2-4-16(22)14-6-7-20(17(26)10-14)29-9-8-18(24(29)30)28-37(33,34)23-12-19-21(35-23)11-15(25)13-27-19/h2-7,10-13,18,28H,8-9H2,1H3/t18-/m0/s1. The van der Waals surface area contributed by atoms with E-state index in [1.807, 2.05) is 0 Å². The van der Waals surface area contributed by atoms with Crippen LogP contribution in [0.3, 0.4) is 0 Å². The minimum atomic E-state index is -4.04. The van der Waals surface area contributed by atoms with Crippen LogP contribution in [-0.2, 0) is 24.7 Å². The predicted octanol–water partition coefficient (Wildman–Crippen LogP) is 4.24. The van der Waals surface area contributed by atoms with E-state index in [9.17, 15) is 21.6 Å². The summed E-state index contributed by atoms with van der Waals surface area (Å²) >= 11 is 6.91. The molecule has 13 heteroatoms. The summed E-state index contributed by atoms with van der Waals surface area (Å²) in [7, 11) is -7.59. The third kappa shape index (κ3) is 4.99. The lowest BCUT2D eigenvalue weighted by atomic mass is 10.0. The van der Waals surface area contributed by atoms with E-state index in [2.05, 4.69) is 9.71 Å². The van der Waals surface area contributed by atoms with Crippen molar-refractivity contribution in [1.82, 2.24) is 9.71 Å². The van der Waals surface area contributed by atoms with Gasteiger partial charge in [0, 0.05) is 24.6 Å². The highest BCUT2D eigenvalue weighted by molar-refractivity contribution is 7.91. The zero-order chi connectivity index (χ0) is 26.5. The van der Waals surface area contributed by atoms with Gasteiger partial charge in [-0.3, -0.25) is 9.78 Å². The van der Waals surface area contributed by atoms with Crippen molar-refractivity contribution in [3.8, 4) is 11.1 Å². The Morgan fingerprint density at radius 1 is 1.11 bits per heavy atom. The Morgan fingerprint density at radius 3 is 2.59 bits per heavy atom. The largest absolute Gasteiger partial charge is 0.308 e. The Balaban J connectivity index is 1.38. The molecule has 0 aliphatic carbocycles. The lowest BCUT2D eigenvalue weighted by molar-refractivity contribution is -0.118. The number of hydrogen-bond acceptors (Lipinski definition) is 7. The van der Waals surface area contributed by atoms with Crippen molar-refractivity contribution in [2.45, 2.75) is 21.6 Å². The maximum atomic E-state index is 15.2.